The minimum absolute atomic E-state index is 0.0126. The summed E-state index contributed by atoms with van der Waals surface area (Å²) < 4.78 is 0. The van der Waals surface area contributed by atoms with Crippen LogP contribution in [0.25, 0.3) is 0 Å². The number of aliphatic hydroxyl groups is 1. The van der Waals surface area contributed by atoms with E-state index in [0.29, 0.717) is 6.42 Å². The summed E-state index contributed by atoms with van der Waals surface area (Å²) in [5, 5.41) is 8.73. The molecule has 0 aromatic heterocycles. The first kappa shape index (κ1) is 18.3. The summed E-state index contributed by atoms with van der Waals surface area (Å²) in [5.41, 5.74) is 5.44. The van der Waals surface area contributed by atoms with Crippen molar-refractivity contribution in [2.75, 3.05) is 6.61 Å². The van der Waals surface area contributed by atoms with Gasteiger partial charge in [0.2, 0.25) is 0 Å². The van der Waals surface area contributed by atoms with Crippen LogP contribution in [0.15, 0.2) is 12.2 Å². The Balaban J connectivity index is 3.23. The molecule has 1 atom stereocenters. The van der Waals surface area contributed by atoms with Gasteiger partial charge in [-0.05, 0) is 25.7 Å². The van der Waals surface area contributed by atoms with Gasteiger partial charge in [-0.1, -0.05) is 51.2 Å². The Morgan fingerprint density at radius 2 is 1.63 bits per heavy atom. The molecule has 0 aromatic rings. The Kier molecular flexibility index (Phi) is 13.3. The molecule has 0 radical (unpaired) electrons. The first-order valence-corrected chi connectivity index (χ1v) is 7.76. The standard InChI is InChI=1S/C16H31NO2/c1-2-3-4-5-6-7-8-9-10-11-12-13-16(19)15(17)14-18/h5-6,15,18H,2-4,7-14,17H2,1H3/b6-5-. The third-order valence-electron chi connectivity index (χ3n) is 3.30. The van der Waals surface area contributed by atoms with Crippen molar-refractivity contribution in [2.24, 2.45) is 5.73 Å². The molecule has 3 heteroatoms. The summed E-state index contributed by atoms with van der Waals surface area (Å²) >= 11 is 0. The van der Waals surface area contributed by atoms with Gasteiger partial charge in [0.05, 0.1) is 12.6 Å². The fraction of sp³-hybridized carbons (Fsp3) is 0.812. The largest absolute Gasteiger partial charge is 0.394 e. The number of nitrogens with two attached hydrogens (primary N) is 1. The van der Waals surface area contributed by atoms with Crippen LogP contribution >= 0.6 is 0 Å². The average Bonchev–Trinajstić information content (AvgIpc) is 2.43. The molecule has 0 saturated heterocycles. The highest BCUT2D eigenvalue weighted by molar-refractivity contribution is 5.83. The molecule has 0 amide bonds. The Hall–Kier alpha value is -0.670. The van der Waals surface area contributed by atoms with Crippen molar-refractivity contribution < 1.29 is 9.90 Å². The molecule has 0 fully saturated rings. The van der Waals surface area contributed by atoms with E-state index >= 15 is 0 Å². The van der Waals surface area contributed by atoms with E-state index in [0.717, 1.165) is 12.8 Å². The van der Waals surface area contributed by atoms with Crippen LogP contribution in [0, 0.1) is 0 Å². The molecule has 19 heavy (non-hydrogen) atoms. The first-order chi connectivity index (χ1) is 9.22. The van der Waals surface area contributed by atoms with Crippen molar-refractivity contribution in [1.29, 1.82) is 0 Å². The molecule has 0 bridgehead atoms. The van der Waals surface area contributed by atoms with Gasteiger partial charge in [0.1, 0.15) is 0 Å². The van der Waals surface area contributed by atoms with Crippen LogP contribution in [0.1, 0.15) is 71.1 Å². The molecule has 112 valence electrons. The number of carbonyl (C=O) groups is 1. The van der Waals surface area contributed by atoms with E-state index in [4.69, 9.17) is 10.8 Å². The molecular weight excluding hydrogens is 238 g/mol. The molecule has 0 heterocycles. The van der Waals surface area contributed by atoms with Gasteiger partial charge in [0, 0.05) is 6.42 Å². The van der Waals surface area contributed by atoms with Crippen LogP contribution in [-0.2, 0) is 4.79 Å². The zero-order valence-corrected chi connectivity index (χ0v) is 12.4. The zero-order chi connectivity index (χ0) is 14.3. The summed E-state index contributed by atoms with van der Waals surface area (Å²) in [6.07, 6.45) is 15.7. The van der Waals surface area contributed by atoms with E-state index < -0.39 is 6.04 Å². The molecule has 3 N–H and O–H groups in total. The molecule has 0 aliphatic heterocycles. The average molecular weight is 269 g/mol. The molecular formula is C16H31NO2. The topological polar surface area (TPSA) is 63.3 Å². The highest BCUT2D eigenvalue weighted by Gasteiger charge is 2.10. The Morgan fingerprint density at radius 1 is 1.05 bits per heavy atom. The number of ketones is 1. The van der Waals surface area contributed by atoms with Crippen LogP contribution < -0.4 is 5.73 Å². The lowest BCUT2D eigenvalue weighted by Gasteiger charge is -2.06. The maximum Gasteiger partial charge on any atom is 0.151 e. The third-order valence-corrected chi connectivity index (χ3v) is 3.30. The second-order valence-corrected chi connectivity index (χ2v) is 5.18. The highest BCUT2D eigenvalue weighted by atomic mass is 16.3. The van der Waals surface area contributed by atoms with Crippen LogP contribution in [-0.4, -0.2) is 23.5 Å². The predicted octanol–water partition coefficient (Wildman–Crippen LogP) is 3.35. The van der Waals surface area contributed by atoms with Gasteiger partial charge in [-0.25, -0.2) is 0 Å². The van der Waals surface area contributed by atoms with E-state index in [2.05, 4.69) is 19.1 Å². The van der Waals surface area contributed by atoms with Gasteiger partial charge in [-0.2, -0.15) is 0 Å². The van der Waals surface area contributed by atoms with E-state index in [1.54, 1.807) is 0 Å². The minimum atomic E-state index is -0.673. The molecule has 0 rings (SSSR count). The smallest absolute Gasteiger partial charge is 0.151 e. The number of allylic oxidation sites excluding steroid dienone is 2. The van der Waals surface area contributed by atoms with Gasteiger partial charge >= 0.3 is 0 Å². The maximum atomic E-state index is 11.3. The lowest BCUT2D eigenvalue weighted by atomic mass is 10.0. The van der Waals surface area contributed by atoms with E-state index in [9.17, 15) is 4.79 Å². The van der Waals surface area contributed by atoms with E-state index in [-0.39, 0.29) is 12.4 Å². The van der Waals surface area contributed by atoms with Crippen molar-refractivity contribution in [3.8, 4) is 0 Å². The third kappa shape index (κ3) is 12.1. The molecule has 0 saturated carbocycles. The van der Waals surface area contributed by atoms with E-state index in [1.165, 1.54) is 44.9 Å². The minimum Gasteiger partial charge on any atom is -0.394 e. The number of unbranched alkanes of at least 4 members (excludes halogenated alkanes) is 7. The van der Waals surface area contributed by atoms with Crippen molar-refractivity contribution in [2.45, 2.75) is 77.2 Å². The number of Topliss-reactive ketones (excluding diaryl/α,β-unsaturated/α-hetero) is 1. The zero-order valence-electron chi connectivity index (χ0n) is 12.4. The second-order valence-electron chi connectivity index (χ2n) is 5.18. The van der Waals surface area contributed by atoms with Crippen LogP contribution in [0.4, 0.5) is 0 Å². The van der Waals surface area contributed by atoms with Crippen molar-refractivity contribution >= 4 is 5.78 Å². The van der Waals surface area contributed by atoms with Gasteiger partial charge in [-0.3, -0.25) is 4.79 Å². The fourth-order valence-electron chi connectivity index (χ4n) is 1.94. The van der Waals surface area contributed by atoms with Crippen molar-refractivity contribution in [3.63, 3.8) is 0 Å². The molecule has 0 aliphatic carbocycles. The van der Waals surface area contributed by atoms with Crippen LogP contribution in [0.2, 0.25) is 0 Å². The highest BCUT2D eigenvalue weighted by Crippen LogP contribution is 2.09. The molecule has 1 unspecified atom stereocenters. The van der Waals surface area contributed by atoms with Crippen molar-refractivity contribution in [1.82, 2.24) is 0 Å². The number of rotatable bonds is 13. The lowest BCUT2D eigenvalue weighted by molar-refractivity contribution is -0.121. The predicted molar refractivity (Wildman–Crippen MR) is 81.1 cm³/mol. The Bertz CT molecular complexity index is 239. The summed E-state index contributed by atoms with van der Waals surface area (Å²) in [5.74, 6) is -0.0126. The van der Waals surface area contributed by atoms with E-state index in [1.807, 2.05) is 0 Å². The summed E-state index contributed by atoms with van der Waals surface area (Å²) in [6.45, 7) is 1.98. The fourth-order valence-corrected chi connectivity index (χ4v) is 1.94. The summed E-state index contributed by atoms with van der Waals surface area (Å²) in [4.78, 5) is 11.3. The van der Waals surface area contributed by atoms with Gasteiger partial charge < -0.3 is 10.8 Å². The molecule has 0 spiro atoms. The maximum absolute atomic E-state index is 11.3. The quantitative estimate of drug-likeness (QED) is 0.398. The van der Waals surface area contributed by atoms with Crippen LogP contribution in [0.3, 0.4) is 0 Å². The summed E-state index contributed by atoms with van der Waals surface area (Å²) in [7, 11) is 0. The number of carbonyl (C=O) groups excluding carboxylic acids is 1. The van der Waals surface area contributed by atoms with Gasteiger partial charge in [0.25, 0.3) is 0 Å². The second kappa shape index (κ2) is 13.8. The van der Waals surface area contributed by atoms with Gasteiger partial charge in [-0.15, -0.1) is 0 Å². The Labute approximate surface area is 118 Å². The lowest BCUT2D eigenvalue weighted by Crippen LogP contribution is -2.33. The summed E-state index contributed by atoms with van der Waals surface area (Å²) in [6, 6.07) is -0.673. The van der Waals surface area contributed by atoms with Crippen LogP contribution in [0.5, 0.6) is 0 Å². The molecule has 0 aromatic carbocycles. The molecule has 3 nitrogen and oxygen atoms in total. The number of hydrogen-bond acceptors (Lipinski definition) is 3. The van der Waals surface area contributed by atoms with Crippen molar-refractivity contribution in [3.05, 3.63) is 12.2 Å². The first-order valence-electron chi connectivity index (χ1n) is 7.76. The normalized spacial score (nSPS) is 13.0. The SMILES string of the molecule is CCCC/C=C\CCCCCCCC(=O)C(N)CO. The van der Waals surface area contributed by atoms with Gasteiger partial charge in [0.15, 0.2) is 5.78 Å². The number of aliphatic hydroxyl groups excluding tert-OH is 1. The number of hydrogen-bond donors (Lipinski definition) is 2. The monoisotopic (exact) mass is 269 g/mol. The molecule has 0 aliphatic rings. The Morgan fingerprint density at radius 3 is 2.26 bits per heavy atom.